The Morgan fingerprint density at radius 2 is 0.463 bits per heavy atom. The molecule has 0 aliphatic heterocycles. The molecule has 4 aromatic carbocycles. The molecule has 0 saturated carbocycles. The fraction of sp³-hybridized carbons (Fsp3) is 0.538. The van der Waals surface area contributed by atoms with Crippen LogP contribution in [0.2, 0.25) is 0 Å². The summed E-state index contributed by atoms with van der Waals surface area (Å²) in [5.74, 6) is 1.22. The van der Waals surface area contributed by atoms with Crippen LogP contribution in [-0.2, 0) is 0 Å². The minimum atomic E-state index is 0.406. The van der Waals surface area contributed by atoms with Crippen LogP contribution in [0.3, 0.4) is 0 Å². The molecular weight excluding hydrogens is 653 g/mol. The highest BCUT2D eigenvalue weighted by molar-refractivity contribution is 5.45. The Bertz CT molecular complexity index is 1390. The maximum atomic E-state index is 6.12. The molecule has 0 amide bonds. The van der Waals surface area contributed by atoms with Gasteiger partial charge in [0.05, 0.1) is 0 Å². The molecule has 4 rings (SSSR count). The summed E-state index contributed by atoms with van der Waals surface area (Å²) in [7, 11) is 0. The first kappa shape index (κ1) is 43.2. The summed E-state index contributed by atoms with van der Waals surface area (Å²) >= 11 is 0. The Morgan fingerprint density at radius 3 is 0.722 bits per heavy atom. The van der Waals surface area contributed by atoms with E-state index in [1.165, 1.54) is 175 Å². The molecule has 294 valence electrons. The van der Waals surface area contributed by atoms with E-state index in [1.54, 1.807) is 0 Å². The number of nitrogen functional groups attached to an aromatic ring is 2. The molecule has 0 aromatic heterocycles. The SMILES string of the molecule is CCCCCCCCCCC(c1ccc(N)cc1)c1ccc(C(CCCCC)c2ccc(C(CCCCCCCCCC)c3ccc(N)cc3)cc2)cc1. The molecule has 0 saturated heterocycles. The monoisotopic (exact) mass is 729 g/mol. The van der Waals surface area contributed by atoms with E-state index >= 15 is 0 Å². The smallest absolute Gasteiger partial charge is 0.0314 e. The topological polar surface area (TPSA) is 52.0 Å². The standard InChI is InChI=1S/C52H76N2/c1-4-7-10-12-14-16-18-21-24-51(46-34-38-48(53)39-35-46)44-30-26-42(27-31-44)50(23-20-9-6-3)43-28-32-45(33-29-43)52(47-36-40-49(54)41-37-47)25-22-19-17-15-13-11-8-5-2/h26-41,50-52H,4-25,53-54H2,1-3H3. The van der Waals surface area contributed by atoms with Gasteiger partial charge < -0.3 is 11.5 Å². The zero-order chi connectivity index (χ0) is 38.2. The van der Waals surface area contributed by atoms with Gasteiger partial charge in [0.1, 0.15) is 0 Å². The Hall–Kier alpha value is -3.52. The van der Waals surface area contributed by atoms with E-state index in [4.69, 9.17) is 11.5 Å². The zero-order valence-electron chi connectivity index (χ0n) is 34.7. The fourth-order valence-electron chi connectivity index (χ4n) is 8.52. The highest BCUT2D eigenvalue weighted by Gasteiger charge is 2.20. The van der Waals surface area contributed by atoms with Crippen LogP contribution in [-0.4, -0.2) is 0 Å². The van der Waals surface area contributed by atoms with Crippen molar-refractivity contribution in [2.75, 3.05) is 11.5 Å². The molecule has 0 spiro atoms. The molecule has 0 fully saturated rings. The van der Waals surface area contributed by atoms with E-state index in [0.717, 1.165) is 11.4 Å². The van der Waals surface area contributed by atoms with E-state index in [9.17, 15) is 0 Å². The average molecular weight is 729 g/mol. The van der Waals surface area contributed by atoms with E-state index in [-0.39, 0.29) is 0 Å². The molecule has 0 bridgehead atoms. The van der Waals surface area contributed by atoms with Gasteiger partial charge in [0, 0.05) is 29.1 Å². The lowest BCUT2D eigenvalue weighted by atomic mass is 9.82. The van der Waals surface area contributed by atoms with Crippen LogP contribution in [0.1, 0.15) is 213 Å². The summed E-state index contributed by atoms with van der Waals surface area (Å²) in [6.07, 6.45) is 29.0. The van der Waals surface area contributed by atoms with Gasteiger partial charge in [-0.1, -0.05) is 216 Å². The minimum Gasteiger partial charge on any atom is -0.399 e. The van der Waals surface area contributed by atoms with Crippen molar-refractivity contribution in [3.8, 4) is 0 Å². The predicted molar refractivity (Wildman–Crippen MR) is 239 cm³/mol. The van der Waals surface area contributed by atoms with E-state index < -0.39 is 0 Å². The normalized spacial score (nSPS) is 13.2. The summed E-state index contributed by atoms with van der Waals surface area (Å²) in [5, 5.41) is 0. The first-order valence-electron chi connectivity index (χ1n) is 22.4. The number of rotatable bonds is 28. The Morgan fingerprint density at radius 1 is 0.278 bits per heavy atom. The molecule has 0 aliphatic carbocycles. The fourth-order valence-corrected chi connectivity index (χ4v) is 8.52. The molecule has 0 aliphatic rings. The zero-order valence-corrected chi connectivity index (χ0v) is 34.7. The van der Waals surface area contributed by atoms with Crippen molar-refractivity contribution >= 4 is 11.4 Å². The molecule has 4 N–H and O–H groups in total. The lowest BCUT2D eigenvalue weighted by molar-refractivity contribution is 0.551. The largest absolute Gasteiger partial charge is 0.399 e. The van der Waals surface area contributed by atoms with Crippen molar-refractivity contribution < 1.29 is 0 Å². The summed E-state index contributed by atoms with van der Waals surface area (Å²) in [5.41, 5.74) is 22.4. The molecule has 2 atom stereocenters. The summed E-state index contributed by atoms with van der Waals surface area (Å²) in [6.45, 7) is 6.91. The number of nitrogens with two attached hydrogens (primary N) is 2. The molecule has 0 radical (unpaired) electrons. The molecule has 2 nitrogen and oxygen atoms in total. The highest BCUT2D eigenvalue weighted by atomic mass is 14.5. The second-order valence-electron chi connectivity index (χ2n) is 16.3. The van der Waals surface area contributed by atoms with E-state index in [0.29, 0.717) is 17.8 Å². The maximum Gasteiger partial charge on any atom is 0.0314 e. The van der Waals surface area contributed by atoms with E-state index in [1.807, 2.05) is 0 Å². The second-order valence-corrected chi connectivity index (χ2v) is 16.3. The van der Waals surface area contributed by atoms with Crippen molar-refractivity contribution in [2.45, 2.75) is 180 Å². The second kappa shape index (κ2) is 25.5. The van der Waals surface area contributed by atoms with Crippen LogP contribution in [0, 0.1) is 0 Å². The van der Waals surface area contributed by atoms with Gasteiger partial charge in [-0.15, -0.1) is 0 Å². The minimum absolute atomic E-state index is 0.406. The van der Waals surface area contributed by atoms with Gasteiger partial charge in [0.25, 0.3) is 0 Å². The number of benzene rings is 4. The van der Waals surface area contributed by atoms with Crippen LogP contribution in [0.4, 0.5) is 11.4 Å². The van der Waals surface area contributed by atoms with Gasteiger partial charge >= 0.3 is 0 Å². The molecular formula is C52H76N2. The number of unbranched alkanes of at least 4 members (excludes halogenated alkanes) is 16. The van der Waals surface area contributed by atoms with Gasteiger partial charge in [-0.25, -0.2) is 0 Å². The molecule has 4 aromatic rings. The van der Waals surface area contributed by atoms with Crippen molar-refractivity contribution in [3.05, 3.63) is 130 Å². The van der Waals surface area contributed by atoms with Gasteiger partial charge in [-0.2, -0.15) is 0 Å². The summed E-state index contributed by atoms with van der Waals surface area (Å²) in [4.78, 5) is 0. The van der Waals surface area contributed by atoms with Gasteiger partial charge in [-0.3, -0.25) is 0 Å². The maximum absolute atomic E-state index is 6.12. The van der Waals surface area contributed by atoms with Crippen molar-refractivity contribution in [3.63, 3.8) is 0 Å². The predicted octanol–water partition coefficient (Wildman–Crippen LogP) is 15.9. The first-order valence-corrected chi connectivity index (χ1v) is 22.4. The van der Waals surface area contributed by atoms with Gasteiger partial charge in [0.2, 0.25) is 0 Å². The van der Waals surface area contributed by atoms with E-state index in [2.05, 4.69) is 118 Å². The third-order valence-electron chi connectivity index (χ3n) is 11.9. The van der Waals surface area contributed by atoms with Crippen LogP contribution in [0.15, 0.2) is 97.1 Å². The molecule has 54 heavy (non-hydrogen) atoms. The number of anilines is 2. The van der Waals surface area contributed by atoms with Crippen molar-refractivity contribution in [2.24, 2.45) is 0 Å². The Balaban J connectivity index is 1.48. The Kier molecular flexibility index (Phi) is 20.4. The lowest BCUT2D eigenvalue weighted by Gasteiger charge is -2.23. The third-order valence-corrected chi connectivity index (χ3v) is 11.9. The number of hydrogen-bond donors (Lipinski definition) is 2. The quantitative estimate of drug-likeness (QED) is 0.0452. The molecule has 2 heteroatoms. The van der Waals surface area contributed by atoms with Crippen molar-refractivity contribution in [1.29, 1.82) is 0 Å². The number of hydrogen-bond acceptors (Lipinski definition) is 2. The lowest BCUT2D eigenvalue weighted by Crippen LogP contribution is -2.06. The average Bonchev–Trinajstić information content (AvgIpc) is 3.20. The van der Waals surface area contributed by atoms with Crippen LogP contribution < -0.4 is 11.5 Å². The summed E-state index contributed by atoms with van der Waals surface area (Å²) < 4.78 is 0. The molecule has 2 unspecified atom stereocenters. The van der Waals surface area contributed by atoms with Crippen molar-refractivity contribution in [1.82, 2.24) is 0 Å². The van der Waals surface area contributed by atoms with Gasteiger partial charge in [0.15, 0.2) is 0 Å². The van der Waals surface area contributed by atoms with Gasteiger partial charge in [-0.05, 0) is 76.9 Å². The first-order chi connectivity index (χ1) is 26.5. The molecule has 0 heterocycles. The summed E-state index contributed by atoms with van der Waals surface area (Å²) in [6, 6.07) is 36.8. The van der Waals surface area contributed by atoms with Crippen LogP contribution in [0.25, 0.3) is 0 Å². The Labute approximate surface area is 332 Å². The third kappa shape index (κ3) is 15.0. The van der Waals surface area contributed by atoms with Crippen LogP contribution in [0.5, 0.6) is 0 Å². The van der Waals surface area contributed by atoms with Crippen LogP contribution >= 0.6 is 0 Å². The highest BCUT2D eigenvalue weighted by Crippen LogP contribution is 2.37.